The van der Waals surface area contributed by atoms with E-state index < -0.39 is 0 Å². The quantitative estimate of drug-likeness (QED) is 0.885. The van der Waals surface area contributed by atoms with Crippen molar-refractivity contribution in [2.45, 2.75) is 32.7 Å². The summed E-state index contributed by atoms with van der Waals surface area (Å²) in [6.45, 7) is 5.49. The fourth-order valence-corrected chi connectivity index (χ4v) is 2.07. The Labute approximate surface area is 100 Å². The van der Waals surface area contributed by atoms with Gasteiger partial charge >= 0.3 is 0 Å². The van der Waals surface area contributed by atoms with Gasteiger partial charge in [-0.25, -0.2) is 9.37 Å². The molecule has 1 heterocycles. The molecule has 0 radical (unpaired) electrons. The third-order valence-corrected chi connectivity index (χ3v) is 3.00. The number of nitrogens with two attached hydrogens (primary N) is 1. The van der Waals surface area contributed by atoms with Gasteiger partial charge in [0.15, 0.2) is 5.82 Å². The number of fused-ring (bicyclic) bond motifs is 1. The number of benzene rings is 1. The first-order valence-corrected chi connectivity index (χ1v) is 6.03. The summed E-state index contributed by atoms with van der Waals surface area (Å²) in [5.74, 6) is 0.769. The number of aromatic nitrogens is 2. The molecular weight excluding hydrogens is 217 g/mol. The van der Waals surface area contributed by atoms with Crippen molar-refractivity contribution in [1.29, 1.82) is 0 Å². The summed E-state index contributed by atoms with van der Waals surface area (Å²) in [7, 11) is 0. The molecule has 1 aromatic carbocycles. The molecule has 4 heteroatoms. The molecular formula is C13H18FN3. The topological polar surface area (TPSA) is 43.8 Å². The minimum Gasteiger partial charge on any atom is -0.330 e. The third-order valence-electron chi connectivity index (χ3n) is 3.00. The third kappa shape index (κ3) is 2.05. The highest BCUT2D eigenvalue weighted by molar-refractivity contribution is 5.76. The second-order valence-electron chi connectivity index (χ2n) is 4.37. The Kier molecular flexibility index (Phi) is 3.43. The molecule has 0 aliphatic rings. The van der Waals surface area contributed by atoms with Gasteiger partial charge in [-0.3, -0.25) is 0 Å². The number of rotatable bonds is 4. The zero-order valence-electron chi connectivity index (χ0n) is 10.3. The predicted molar refractivity (Wildman–Crippen MR) is 67.5 cm³/mol. The van der Waals surface area contributed by atoms with Gasteiger partial charge in [0.25, 0.3) is 0 Å². The maximum absolute atomic E-state index is 13.7. The van der Waals surface area contributed by atoms with E-state index in [1.165, 1.54) is 6.07 Å². The molecule has 0 saturated heterocycles. The van der Waals surface area contributed by atoms with Crippen LogP contribution in [0.25, 0.3) is 11.0 Å². The van der Waals surface area contributed by atoms with Crippen LogP contribution in [0.2, 0.25) is 0 Å². The number of imidazole rings is 1. The first-order valence-electron chi connectivity index (χ1n) is 6.03. The minimum atomic E-state index is -0.261. The standard InChI is InChI=1S/C13H18FN3/c1-3-7-17-11-6-4-5-10(14)12(11)16-13(17)9(2)8-15/h4-6,9H,3,7-8,15H2,1-2H3. The number of hydrogen-bond donors (Lipinski definition) is 1. The highest BCUT2D eigenvalue weighted by Gasteiger charge is 2.16. The lowest BCUT2D eigenvalue weighted by molar-refractivity contribution is 0.605. The molecule has 0 spiro atoms. The first kappa shape index (κ1) is 12.0. The van der Waals surface area contributed by atoms with Crippen molar-refractivity contribution in [1.82, 2.24) is 9.55 Å². The van der Waals surface area contributed by atoms with E-state index in [-0.39, 0.29) is 11.7 Å². The predicted octanol–water partition coefficient (Wildman–Crippen LogP) is 2.65. The first-order chi connectivity index (χ1) is 8.19. The maximum atomic E-state index is 13.7. The van der Waals surface area contributed by atoms with Crippen LogP contribution >= 0.6 is 0 Å². The Morgan fingerprint density at radius 2 is 2.24 bits per heavy atom. The summed E-state index contributed by atoms with van der Waals surface area (Å²) >= 11 is 0. The summed E-state index contributed by atoms with van der Waals surface area (Å²) < 4.78 is 15.8. The van der Waals surface area contributed by atoms with Gasteiger partial charge in [0, 0.05) is 19.0 Å². The van der Waals surface area contributed by atoms with Gasteiger partial charge in [-0.15, -0.1) is 0 Å². The van der Waals surface area contributed by atoms with Crippen LogP contribution in [0.4, 0.5) is 4.39 Å². The molecule has 0 aliphatic carbocycles. The number of para-hydroxylation sites is 1. The van der Waals surface area contributed by atoms with E-state index in [0.29, 0.717) is 12.1 Å². The van der Waals surface area contributed by atoms with Crippen molar-refractivity contribution >= 4 is 11.0 Å². The van der Waals surface area contributed by atoms with E-state index in [2.05, 4.69) is 16.5 Å². The molecule has 0 fully saturated rings. The largest absolute Gasteiger partial charge is 0.330 e. The normalized spacial score (nSPS) is 13.2. The summed E-state index contributed by atoms with van der Waals surface area (Å²) in [5, 5.41) is 0. The lowest BCUT2D eigenvalue weighted by atomic mass is 10.1. The van der Waals surface area contributed by atoms with Crippen molar-refractivity contribution in [3.63, 3.8) is 0 Å². The molecule has 3 nitrogen and oxygen atoms in total. The summed E-state index contributed by atoms with van der Waals surface area (Å²) in [6, 6.07) is 5.08. The maximum Gasteiger partial charge on any atom is 0.151 e. The van der Waals surface area contributed by atoms with Crippen LogP contribution in [0.5, 0.6) is 0 Å². The van der Waals surface area contributed by atoms with Crippen molar-refractivity contribution in [2.75, 3.05) is 6.54 Å². The van der Waals surface area contributed by atoms with Gasteiger partial charge in [-0.1, -0.05) is 19.9 Å². The van der Waals surface area contributed by atoms with E-state index in [4.69, 9.17) is 5.73 Å². The Bertz CT molecular complexity index is 519. The lowest BCUT2D eigenvalue weighted by Gasteiger charge is -2.11. The average molecular weight is 235 g/mol. The summed E-state index contributed by atoms with van der Waals surface area (Å²) in [4.78, 5) is 4.41. The molecule has 0 aliphatic heterocycles. The van der Waals surface area contributed by atoms with Crippen LogP contribution in [-0.2, 0) is 6.54 Å². The van der Waals surface area contributed by atoms with Crippen LogP contribution in [0.1, 0.15) is 32.0 Å². The van der Waals surface area contributed by atoms with Gasteiger partial charge in [-0.05, 0) is 18.6 Å². The number of hydrogen-bond acceptors (Lipinski definition) is 2. The Balaban J connectivity index is 2.65. The van der Waals surface area contributed by atoms with Crippen LogP contribution in [0.15, 0.2) is 18.2 Å². The van der Waals surface area contributed by atoms with Gasteiger partial charge in [0.2, 0.25) is 0 Å². The van der Waals surface area contributed by atoms with E-state index >= 15 is 0 Å². The Morgan fingerprint density at radius 3 is 2.88 bits per heavy atom. The Hall–Kier alpha value is -1.42. The molecule has 2 aromatic rings. The monoisotopic (exact) mass is 235 g/mol. The molecule has 2 N–H and O–H groups in total. The fraction of sp³-hybridized carbons (Fsp3) is 0.462. The second kappa shape index (κ2) is 4.84. The molecule has 0 bridgehead atoms. The van der Waals surface area contributed by atoms with Crippen LogP contribution in [0, 0.1) is 5.82 Å². The van der Waals surface area contributed by atoms with Crippen LogP contribution < -0.4 is 5.73 Å². The number of nitrogens with zero attached hydrogens (tertiary/aromatic N) is 2. The SMILES string of the molecule is CCCn1c(C(C)CN)nc2c(F)cccc21. The van der Waals surface area contributed by atoms with Crippen molar-refractivity contribution < 1.29 is 4.39 Å². The van der Waals surface area contributed by atoms with Gasteiger partial charge in [-0.2, -0.15) is 0 Å². The summed E-state index contributed by atoms with van der Waals surface area (Å²) in [6.07, 6.45) is 0.992. The molecule has 1 atom stereocenters. The summed E-state index contributed by atoms with van der Waals surface area (Å²) in [5.41, 5.74) is 7.00. The Morgan fingerprint density at radius 1 is 1.47 bits per heavy atom. The van der Waals surface area contributed by atoms with Crippen LogP contribution in [-0.4, -0.2) is 16.1 Å². The van der Waals surface area contributed by atoms with E-state index in [0.717, 1.165) is 24.3 Å². The van der Waals surface area contributed by atoms with E-state index in [9.17, 15) is 4.39 Å². The van der Waals surface area contributed by atoms with E-state index in [1.54, 1.807) is 6.07 Å². The molecule has 0 saturated carbocycles. The highest BCUT2D eigenvalue weighted by atomic mass is 19.1. The molecule has 17 heavy (non-hydrogen) atoms. The van der Waals surface area contributed by atoms with Gasteiger partial charge < -0.3 is 10.3 Å². The highest BCUT2D eigenvalue weighted by Crippen LogP contribution is 2.23. The molecule has 92 valence electrons. The van der Waals surface area contributed by atoms with Crippen molar-refractivity contribution in [3.05, 3.63) is 29.8 Å². The average Bonchev–Trinajstić information content (AvgIpc) is 2.70. The number of halogens is 1. The van der Waals surface area contributed by atoms with E-state index in [1.807, 2.05) is 13.0 Å². The van der Waals surface area contributed by atoms with Gasteiger partial charge in [0.05, 0.1) is 5.52 Å². The zero-order valence-corrected chi connectivity index (χ0v) is 10.3. The lowest BCUT2D eigenvalue weighted by Crippen LogP contribution is -2.14. The van der Waals surface area contributed by atoms with Crippen LogP contribution in [0.3, 0.4) is 0 Å². The number of aryl methyl sites for hydroxylation is 1. The second-order valence-corrected chi connectivity index (χ2v) is 4.37. The zero-order chi connectivity index (χ0) is 12.4. The molecule has 0 amide bonds. The smallest absolute Gasteiger partial charge is 0.151 e. The molecule has 1 aromatic heterocycles. The molecule has 2 rings (SSSR count). The van der Waals surface area contributed by atoms with Gasteiger partial charge in [0.1, 0.15) is 11.3 Å². The fourth-order valence-electron chi connectivity index (χ4n) is 2.07. The van der Waals surface area contributed by atoms with Crippen molar-refractivity contribution in [2.24, 2.45) is 5.73 Å². The minimum absolute atomic E-state index is 0.147. The van der Waals surface area contributed by atoms with Crippen molar-refractivity contribution in [3.8, 4) is 0 Å². The molecule has 1 unspecified atom stereocenters.